The molecule has 0 radical (unpaired) electrons. The van der Waals surface area contributed by atoms with Gasteiger partial charge in [0.15, 0.2) is 0 Å². The third kappa shape index (κ3) is 4.78. The van der Waals surface area contributed by atoms with Crippen LogP contribution in [0.1, 0.15) is 23.7 Å². The minimum atomic E-state index is -0.989. The number of rotatable bonds is 6. The molecule has 0 saturated carbocycles. The highest BCUT2D eigenvalue weighted by Gasteiger charge is 2.22. The summed E-state index contributed by atoms with van der Waals surface area (Å²) in [6, 6.07) is 1.20. The van der Waals surface area contributed by atoms with Crippen LogP contribution in [0.15, 0.2) is 12.1 Å². The van der Waals surface area contributed by atoms with E-state index in [0.29, 0.717) is 18.2 Å². The number of hydrogen-bond donors (Lipinski definition) is 2. The number of carbonyl (C=O) groups is 1. The summed E-state index contributed by atoms with van der Waals surface area (Å²) in [5.41, 5.74) is 4.21. The molecule has 0 fully saturated rings. The van der Waals surface area contributed by atoms with Crippen molar-refractivity contribution >= 4 is 28.1 Å². The van der Waals surface area contributed by atoms with Crippen LogP contribution in [0.5, 0.6) is 0 Å². The molecule has 2 unspecified atom stereocenters. The fourth-order valence-corrected chi connectivity index (χ4v) is 2.34. The van der Waals surface area contributed by atoms with Crippen molar-refractivity contribution < 1.29 is 18.3 Å². The summed E-state index contributed by atoms with van der Waals surface area (Å²) in [7, 11) is -0.989. The molecular formula is C12H16FN3O4S. The Morgan fingerprint density at radius 3 is 2.71 bits per heavy atom. The van der Waals surface area contributed by atoms with Gasteiger partial charge < -0.3 is 11.1 Å². The number of anilines is 1. The van der Waals surface area contributed by atoms with Gasteiger partial charge in [-0.3, -0.25) is 19.1 Å². The Bertz CT molecular complexity index is 594. The Kier molecular flexibility index (Phi) is 5.77. The van der Waals surface area contributed by atoms with Crippen molar-refractivity contribution in [2.45, 2.75) is 19.4 Å². The SMILES string of the molecule is CC(CCS(C)=O)NC(=O)c1cc(F)cc([N+](=O)[O-])c1N. The highest BCUT2D eigenvalue weighted by molar-refractivity contribution is 7.84. The molecule has 0 spiro atoms. The van der Waals surface area contributed by atoms with E-state index in [4.69, 9.17) is 5.73 Å². The molecule has 0 aliphatic carbocycles. The van der Waals surface area contributed by atoms with Crippen LogP contribution in [-0.4, -0.2) is 33.1 Å². The summed E-state index contributed by atoms with van der Waals surface area (Å²) in [5, 5.41) is 13.3. The van der Waals surface area contributed by atoms with Crippen molar-refractivity contribution in [2.75, 3.05) is 17.7 Å². The first kappa shape index (κ1) is 17.0. The lowest BCUT2D eigenvalue weighted by atomic mass is 10.1. The average Bonchev–Trinajstić information content (AvgIpc) is 2.38. The Morgan fingerprint density at radius 2 is 2.19 bits per heavy atom. The lowest BCUT2D eigenvalue weighted by Gasteiger charge is -2.14. The molecule has 0 aromatic heterocycles. The molecule has 1 amide bonds. The Labute approximate surface area is 123 Å². The maximum atomic E-state index is 13.3. The molecule has 21 heavy (non-hydrogen) atoms. The van der Waals surface area contributed by atoms with E-state index in [1.54, 1.807) is 13.2 Å². The standard InChI is InChI=1S/C12H16FN3O4S/c1-7(3-4-21(2)20)15-12(17)9-5-8(13)6-10(11(9)14)16(18)19/h5-7H,3-4,14H2,1-2H3,(H,15,17). The van der Waals surface area contributed by atoms with Crippen molar-refractivity contribution in [3.05, 3.63) is 33.6 Å². The zero-order valence-corrected chi connectivity index (χ0v) is 12.4. The van der Waals surface area contributed by atoms with Crippen molar-refractivity contribution in [1.29, 1.82) is 0 Å². The number of nitrogens with two attached hydrogens (primary N) is 1. The summed E-state index contributed by atoms with van der Waals surface area (Å²) < 4.78 is 24.3. The predicted octanol–water partition coefficient (Wildman–Crippen LogP) is 1.20. The molecular weight excluding hydrogens is 301 g/mol. The van der Waals surface area contributed by atoms with Gasteiger partial charge in [0.1, 0.15) is 11.5 Å². The van der Waals surface area contributed by atoms with Crippen LogP contribution in [0.2, 0.25) is 0 Å². The Balaban J connectivity index is 2.92. The van der Waals surface area contributed by atoms with E-state index in [1.165, 1.54) is 0 Å². The van der Waals surface area contributed by atoms with E-state index in [1.807, 2.05) is 0 Å². The van der Waals surface area contributed by atoms with Gasteiger partial charge in [-0.05, 0) is 19.4 Å². The van der Waals surface area contributed by atoms with E-state index in [0.717, 1.165) is 6.07 Å². The van der Waals surface area contributed by atoms with Gasteiger partial charge in [0.25, 0.3) is 11.6 Å². The van der Waals surface area contributed by atoms with Crippen LogP contribution in [0.25, 0.3) is 0 Å². The highest BCUT2D eigenvalue weighted by Crippen LogP contribution is 2.26. The van der Waals surface area contributed by atoms with Gasteiger partial charge >= 0.3 is 0 Å². The predicted molar refractivity (Wildman–Crippen MR) is 77.9 cm³/mol. The Morgan fingerprint density at radius 1 is 1.57 bits per heavy atom. The lowest BCUT2D eigenvalue weighted by Crippen LogP contribution is -2.34. The van der Waals surface area contributed by atoms with Crippen LogP contribution in [0, 0.1) is 15.9 Å². The summed E-state index contributed by atoms with van der Waals surface area (Å²) >= 11 is 0. The van der Waals surface area contributed by atoms with Crippen LogP contribution in [-0.2, 0) is 10.8 Å². The number of nitro groups is 1. The molecule has 0 heterocycles. The van der Waals surface area contributed by atoms with Gasteiger partial charge in [-0.25, -0.2) is 4.39 Å². The number of hydrogen-bond acceptors (Lipinski definition) is 5. The average molecular weight is 317 g/mol. The molecule has 0 aliphatic heterocycles. The smallest absolute Gasteiger partial charge is 0.295 e. The zero-order valence-electron chi connectivity index (χ0n) is 11.6. The van der Waals surface area contributed by atoms with Gasteiger partial charge in [-0.15, -0.1) is 0 Å². The molecule has 3 N–H and O–H groups in total. The van der Waals surface area contributed by atoms with Crippen LogP contribution < -0.4 is 11.1 Å². The Hall–Kier alpha value is -2.03. The summed E-state index contributed by atoms with van der Waals surface area (Å²) in [6.07, 6.45) is 2.01. The van der Waals surface area contributed by atoms with Crippen molar-refractivity contribution in [3.63, 3.8) is 0 Å². The molecule has 2 atom stereocenters. The molecule has 116 valence electrons. The first-order chi connectivity index (χ1) is 9.72. The lowest BCUT2D eigenvalue weighted by molar-refractivity contribution is -0.384. The number of nitrogen functional groups attached to an aromatic ring is 1. The van der Waals surface area contributed by atoms with E-state index in [9.17, 15) is 23.5 Å². The third-order valence-corrected chi connectivity index (χ3v) is 3.59. The maximum absolute atomic E-state index is 13.3. The van der Waals surface area contributed by atoms with E-state index < -0.39 is 33.1 Å². The number of nitrogens with one attached hydrogen (secondary N) is 1. The molecule has 1 aromatic rings. The number of benzene rings is 1. The fraction of sp³-hybridized carbons (Fsp3) is 0.417. The fourth-order valence-electron chi connectivity index (χ4n) is 1.66. The van der Waals surface area contributed by atoms with Crippen LogP contribution in [0.4, 0.5) is 15.8 Å². The monoisotopic (exact) mass is 317 g/mol. The molecule has 0 bridgehead atoms. The largest absolute Gasteiger partial charge is 0.393 e. The maximum Gasteiger partial charge on any atom is 0.295 e. The van der Waals surface area contributed by atoms with Gasteiger partial charge in [-0.2, -0.15) is 0 Å². The summed E-state index contributed by atoms with van der Waals surface area (Å²) in [6.45, 7) is 1.69. The van der Waals surface area contributed by atoms with Crippen LogP contribution >= 0.6 is 0 Å². The van der Waals surface area contributed by atoms with Crippen molar-refractivity contribution in [2.24, 2.45) is 0 Å². The number of amides is 1. The minimum Gasteiger partial charge on any atom is -0.393 e. The van der Waals surface area contributed by atoms with Gasteiger partial charge in [-0.1, -0.05) is 0 Å². The second-order valence-electron chi connectivity index (χ2n) is 4.58. The van der Waals surface area contributed by atoms with E-state index >= 15 is 0 Å². The highest BCUT2D eigenvalue weighted by atomic mass is 32.2. The normalized spacial score (nSPS) is 13.5. The molecule has 1 rings (SSSR count). The van der Waals surface area contributed by atoms with Gasteiger partial charge in [0.05, 0.1) is 16.6 Å². The second kappa shape index (κ2) is 7.11. The number of carbonyl (C=O) groups excluding carboxylic acids is 1. The molecule has 0 aliphatic rings. The van der Waals surface area contributed by atoms with Gasteiger partial charge in [0, 0.05) is 28.9 Å². The number of halogens is 1. The molecule has 0 saturated heterocycles. The molecule has 7 nitrogen and oxygen atoms in total. The topological polar surface area (TPSA) is 115 Å². The summed E-state index contributed by atoms with van der Waals surface area (Å²) in [4.78, 5) is 21.9. The summed E-state index contributed by atoms with van der Waals surface area (Å²) in [5.74, 6) is -1.21. The first-order valence-electron chi connectivity index (χ1n) is 6.06. The zero-order chi connectivity index (χ0) is 16.2. The minimum absolute atomic E-state index is 0.286. The first-order valence-corrected chi connectivity index (χ1v) is 7.79. The van der Waals surface area contributed by atoms with Crippen LogP contribution in [0.3, 0.4) is 0 Å². The van der Waals surface area contributed by atoms with Gasteiger partial charge in [0.2, 0.25) is 0 Å². The van der Waals surface area contributed by atoms with Crippen molar-refractivity contribution in [1.82, 2.24) is 5.32 Å². The second-order valence-corrected chi connectivity index (χ2v) is 6.14. The quantitative estimate of drug-likeness (QED) is 0.465. The molecule has 9 heteroatoms. The number of nitro benzene ring substituents is 1. The third-order valence-electron chi connectivity index (χ3n) is 2.78. The van der Waals surface area contributed by atoms with E-state index in [2.05, 4.69) is 5.32 Å². The van der Waals surface area contributed by atoms with Crippen molar-refractivity contribution in [3.8, 4) is 0 Å². The molecule has 1 aromatic carbocycles. The van der Waals surface area contributed by atoms with E-state index in [-0.39, 0.29) is 17.3 Å². The number of nitrogens with zero attached hydrogens (tertiary/aromatic N) is 1.